The molecule has 0 aliphatic heterocycles. The highest BCUT2D eigenvalue weighted by Gasteiger charge is 2.36. The van der Waals surface area contributed by atoms with Crippen LogP contribution < -0.4 is 11.1 Å². The Balaban J connectivity index is 1.94. The van der Waals surface area contributed by atoms with Crippen molar-refractivity contribution in [1.82, 2.24) is 5.32 Å². The number of hydrogen-bond acceptors (Lipinski definition) is 3. The zero-order valence-corrected chi connectivity index (χ0v) is 11.3. The van der Waals surface area contributed by atoms with E-state index in [4.69, 9.17) is 10.8 Å². The molecule has 0 radical (unpaired) electrons. The van der Waals surface area contributed by atoms with Gasteiger partial charge in [0.2, 0.25) is 5.91 Å². The van der Waals surface area contributed by atoms with Crippen LogP contribution in [0.2, 0.25) is 0 Å². The van der Waals surface area contributed by atoms with Gasteiger partial charge >= 0.3 is 5.97 Å². The highest BCUT2D eigenvalue weighted by molar-refractivity contribution is 5.81. The van der Waals surface area contributed by atoms with Crippen LogP contribution in [-0.2, 0) is 9.59 Å². The standard InChI is InChI=1S/C14H24N2O3/c15-11-7-3-1-2-5-9(11)13(17)16-12-8-4-6-10(12)14(18)19/h9-12H,1-8,15H2,(H,16,17)(H,18,19). The van der Waals surface area contributed by atoms with Gasteiger partial charge in [-0.1, -0.05) is 25.7 Å². The van der Waals surface area contributed by atoms with E-state index in [1.54, 1.807) is 0 Å². The number of amides is 1. The fourth-order valence-corrected chi connectivity index (χ4v) is 3.38. The second-order valence-electron chi connectivity index (χ2n) is 5.90. The lowest BCUT2D eigenvalue weighted by Gasteiger charge is -2.24. The number of carboxylic acid groups (broad SMARTS) is 1. The average molecular weight is 268 g/mol. The van der Waals surface area contributed by atoms with Crippen molar-refractivity contribution in [3.63, 3.8) is 0 Å². The minimum atomic E-state index is -0.798. The number of nitrogens with two attached hydrogens (primary N) is 1. The van der Waals surface area contributed by atoms with E-state index >= 15 is 0 Å². The Kier molecular flexibility index (Phi) is 4.80. The van der Waals surface area contributed by atoms with E-state index in [0.29, 0.717) is 6.42 Å². The first-order valence-electron chi connectivity index (χ1n) is 7.38. The number of hydrogen-bond donors (Lipinski definition) is 3. The van der Waals surface area contributed by atoms with Crippen LogP contribution in [0.25, 0.3) is 0 Å². The van der Waals surface area contributed by atoms with Gasteiger partial charge in [0.05, 0.1) is 11.8 Å². The topological polar surface area (TPSA) is 92.4 Å². The summed E-state index contributed by atoms with van der Waals surface area (Å²) < 4.78 is 0. The fraction of sp³-hybridized carbons (Fsp3) is 0.857. The van der Waals surface area contributed by atoms with Gasteiger partial charge in [0.25, 0.3) is 0 Å². The van der Waals surface area contributed by atoms with E-state index < -0.39 is 11.9 Å². The first-order chi connectivity index (χ1) is 9.09. The van der Waals surface area contributed by atoms with E-state index in [9.17, 15) is 9.59 Å². The van der Waals surface area contributed by atoms with Crippen molar-refractivity contribution < 1.29 is 14.7 Å². The Morgan fingerprint density at radius 1 is 0.947 bits per heavy atom. The van der Waals surface area contributed by atoms with Gasteiger partial charge in [-0.2, -0.15) is 0 Å². The van der Waals surface area contributed by atoms with Crippen LogP contribution in [-0.4, -0.2) is 29.1 Å². The van der Waals surface area contributed by atoms with E-state index in [-0.39, 0.29) is 23.9 Å². The Morgan fingerprint density at radius 2 is 1.63 bits per heavy atom. The minimum Gasteiger partial charge on any atom is -0.481 e. The van der Waals surface area contributed by atoms with Crippen molar-refractivity contribution in [2.24, 2.45) is 17.6 Å². The Bertz CT molecular complexity index is 346. The molecule has 4 atom stereocenters. The molecule has 2 aliphatic carbocycles. The van der Waals surface area contributed by atoms with E-state index in [1.165, 1.54) is 0 Å². The van der Waals surface area contributed by atoms with Crippen molar-refractivity contribution in [3.05, 3.63) is 0 Å². The molecule has 2 aliphatic rings. The molecule has 5 heteroatoms. The summed E-state index contributed by atoms with van der Waals surface area (Å²) in [6.45, 7) is 0. The summed E-state index contributed by atoms with van der Waals surface area (Å²) in [5.41, 5.74) is 6.07. The highest BCUT2D eigenvalue weighted by Crippen LogP contribution is 2.27. The molecule has 0 aromatic rings. The molecule has 2 saturated carbocycles. The third-order valence-electron chi connectivity index (χ3n) is 4.57. The molecule has 5 nitrogen and oxygen atoms in total. The van der Waals surface area contributed by atoms with Gasteiger partial charge < -0.3 is 16.2 Å². The first-order valence-corrected chi connectivity index (χ1v) is 7.38. The summed E-state index contributed by atoms with van der Waals surface area (Å²) >= 11 is 0. The lowest BCUT2D eigenvalue weighted by Crippen LogP contribution is -2.47. The van der Waals surface area contributed by atoms with E-state index in [1.807, 2.05) is 0 Å². The smallest absolute Gasteiger partial charge is 0.308 e. The maximum atomic E-state index is 12.3. The molecule has 0 heterocycles. The van der Waals surface area contributed by atoms with E-state index in [2.05, 4.69) is 5.32 Å². The van der Waals surface area contributed by atoms with Crippen molar-refractivity contribution in [1.29, 1.82) is 0 Å². The number of carbonyl (C=O) groups is 2. The van der Waals surface area contributed by atoms with Crippen molar-refractivity contribution >= 4 is 11.9 Å². The zero-order valence-electron chi connectivity index (χ0n) is 11.3. The van der Waals surface area contributed by atoms with Crippen LogP contribution in [0.3, 0.4) is 0 Å². The van der Waals surface area contributed by atoms with Crippen molar-refractivity contribution in [2.45, 2.75) is 63.5 Å². The second-order valence-corrected chi connectivity index (χ2v) is 5.90. The monoisotopic (exact) mass is 268 g/mol. The van der Waals surface area contributed by atoms with E-state index in [0.717, 1.165) is 44.9 Å². The molecule has 2 rings (SSSR count). The van der Waals surface area contributed by atoms with Gasteiger partial charge in [0, 0.05) is 12.1 Å². The predicted molar refractivity (Wildman–Crippen MR) is 71.5 cm³/mol. The Hall–Kier alpha value is -1.10. The zero-order chi connectivity index (χ0) is 13.8. The molecule has 0 saturated heterocycles. The molecule has 2 fully saturated rings. The number of aliphatic carboxylic acids is 1. The molecular formula is C14H24N2O3. The molecule has 4 unspecified atom stereocenters. The van der Waals surface area contributed by atoms with Gasteiger partial charge in [-0.05, 0) is 25.7 Å². The van der Waals surface area contributed by atoms with Gasteiger partial charge in [-0.15, -0.1) is 0 Å². The van der Waals surface area contributed by atoms with Gasteiger partial charge in [0.1, 0.15) is 0 Å². The Morgan fingerprint density at radius 3 is 2.37 bits per heavy atom. The summed E-state index contributed by atoms with van der Waals surface area (Å²) in [5.74, 6) is -1.40. The quantitative estimate of drug-likeness (QED) is 0.672. The molecule has 1 amide bonds. The number of rotatable bonds is 3. The van der Waals surface area contributed by atoms with Crippen LogP contribution in [0.5, 0.6) is 0 Å². The summed E-state index contributed by atoms with van der Waals surface area (Å²) in [7, 11) is 0. The Labute approximate surface area is 113 Å². The molecule has 0 bridgehead atoms. The third kappa shape index (κ3) is 3.47. The highest BCUT2D eigenvalue weighted by atomic mass is 16.4. The minimum absolute atomic E-state index is 0.0347. The largest absolute Gasteiger partial charge is 0.481 e. The summed E-state index contributed by atoms with van der Waals surface area (Å²) in [6, 6.07) is -0.285. The van der Waals surface area contributed by atoms with Crippen molar-refractivity contribution in [3.8, 4) is 0 Å². The second kappa shape index (κ2) is 6.37. The normalized spacial score (nSPS) is 35.6. The number of carboxylic acids is 1. The number of nitrogens with one attached hydrogen (secondary N) is 1. The number of carbonyl (C=O) groups excluding carboxylic acids is 1. The summed E-state index contributed by atoms with van der Waals surface area (Å²) in [5, 5.41) is 12.1. The molecule has 0 aromatic heterocycles. The van der Waals surface area contributed by atoms with Crippen LogP contribution in [0.1, 0.15) is 51.4 Å². The SMILES string of the molecule is NC1CCCCCC1C(=O)NC1CCCC1C(=O)O. The van der Waals surface area contributed by atoms with Crippen LogP contribution >= 0.6 is 0 Å². The molecule has 19 heavy (non-hydrogen) atoms. The van der Waals surface area contributed by atoms with Crippen molar-refractivity contribution in [2.75, 3.05) is 0 Å². The van der Waals surface area contributed by atoms with Gasteiger partial charge in [-0.3, -0.25) is 9.59 Å². The third-order valence-corrected chi connectivity index (χ3v) is 4.57. The fourth-order valence-electron chi connectivity index (χ4n) is 3.38. The summed E-state index contributed by atoms with van der Waals surface area (Å²) in [4.78, 5) is 23.4. The maximum absolute atomic E-state index is 12.3. The average Bonchev–Trinajstić information content (AvgIpc) is 2.70. The molecule has 108 valence electrons. The van der Waals surface area contributed by atoms with Gasteiger partial charge in [0.15, 0.2) is 0 Å². The molecule has 4 N–H and O–H groups in total. The molecular weight excluding hydrogens is 244 g/mol. The first kappa shape index (κ1) is 14.3. The summed E-state index contributed by atoms with van der Waals surface area (Å²) in [6.07, 6.45) is 7.30. The molecule has 0 spiro atoms. The van der Waals surface area contributed by atoms with Crippen LogP contribution in [0.15, 0.2) is 0 Å². The van der Waals surface area contributed by atoms with Crippen LogP contribution in [0.4, 0.5) is 0 Å². The lowest BCUT2D eigenvalue weighted by molar-refractivity contribution is -0.142. The van der Waals surface area contributed by atoms with Crippen LogP contribution in [0, 0.1) is 11.8 Å². The maximum Gasteiger partial charge on any atom is 0.308 e. The lowest BCUT2D eigenvalue weighted by atomic mass is 9.93. The van der Waals surface area contributed by atoms with Gasteiger partial charge in [-0.25, -0.2) is 0 Å². The molecule has 0 aromatic carbocycles. The predicted octanol–water partition coefficient (Wildman–Crippen LogP) is 1.26.